The smallest absolute Gasteiger partial charge is 0.340 e. The maximum Gasteiger partial charge on any atom is 0.340 e. The molecule has 0 saturated carbocycles. The minimum atomic E-state index is -1.14. The van der Waals surface area contributed by atoms with Gasteiger partial charge < -0.3 is 29.6 Å². The number of nitrogens with one attached hydrogen (secondary N) is 2. The summed E-state index contributed by atoms with van der Waals surface area (Å²) in [5, 5.41) is 14.6. The summed E-state index contributed by atoms with van der Waals surface area (Å²) in [6, 6.07) is 2.14. The van der Waals surface area contributed by atoms with Gasteiger partial charge in [-0.25, -0.2) is 9.59 Å². The van der Waals surface area contributed by atoms with Gasteiger partial charge >= 0.3 is 11.6 Å². The number of aryl methyl sites for hydroxylation is 1. The average molecular weight is 448 g/mol. The summed E-state index contributed by atoms with van der Waals surface area (Å²) in [6.07, 6.45) is 0.246. The lowest BCUT2D eigenvalue weighted by Gasteiger charge is -2.20. The first kappa shape index (κ1) is 24.7. The molecule has 0 saturated heterocycles. The Balaban J connectivity index is 2.16. The molecule has 2 atom stereocenters. The van der Waals surface area contributed by atoms with Crippen LogP contribution in [0.1, 0.15) is 31.4 Å². The molecule has 32 heavy (non-hydrogen) atoms. The number of carbonyl (C=O) groups excluding carboxylic acids is 2. The van der Waals surface area contributed by atoms with E-state index in [1.807, 2.05) is 6.92 Å². The van der Waals surface area contributed by atoms with E-state index in [1.54, 1.807) is 26.0 Å². The van der Waals surface area contributed by atoms with Crippen molar-refractivity contribution >= 4 is 28.8 Å². The Morgan fingerprint density at radius 3 is 2.41 bits per heavy atom. The van der Waals surface area contributed by atoms with E-state index in [2.05, 4.69) is 10.6 Å². The largest absolute Gasteiger partial charge is 0.496 e. The van der Waals surface area contributed by atoms with Gasteiger partial charge in [0.1, 0.15) is 23.1 Å². The number of methoxy groups -OCH3 is 2. The molecule has 0 bridgehead atoms. The van der Waals surface area contributed by atoms with Crippen LogP contribution in [0.25, 0.3) is 11.0 Å². The number of ether oxygens (including phenoxy) is 2. The van der Waals surface area contributed by atoms with Crippen LogP contribution in [0.2, 0.25) is 0 Å². The third kappa shape index (κ3) is 5.57. The van der Waals surface area contributed by atoms with E-state index in [4.69, 9.17) is 13.9 Å². The Morgan fingerprint density at radius 1 is 1.16 bits per heavy atom. The van der Waals surface area contributed by atoms with Gasteiger partial charge in [-0.2, -0.15) is 0 Å². The number of hydrogen-bond donors (Lipinski definition) is 3. The normalized spacial score (nSPS) is 12.7. The second-order valence-corrected chi connectivity index (χ2v) is 7.42. The maximum atomic E-state index is 12.5. The summed E-state index contributed by atoms with van der Waals surface area (Å²) >= 11 is 0. The minimum Gasteiger partial charge on any atom is -0.496 e. The van der Waals surface area contributed by atoms with Crippen molar-refractivity contribution in [3.63, 3.8) is 0 Å². The molecule has 174 valence electrons. The van der Waals surface area contributed by atoms with Crippen molar-refractivity contribution in [3.8, 4) is 11.5 Å². The van der Waals surface area contributed by atoms with Gasteiger partial charge in [-0.3, -0.25) is 9.59 Å². The van der Waals surface area contributed by atoms with E-state index in [0.717, 1.165) is 0 Å². The summed E-state index contributed by atoms with van der Waals surface area (Å²) in [5.41, 5.74) is 0.213. The van der Waals surface area contributed by atoms with Crippen molar-refractivity contribution in [2.24, 2.45) is 5.92 Å². The molecule has 0 unspecified atom stereocenters. The van der Waals surface area contributed by atoms with Crippen LogP contribution >= 0.6 is 0 Å². The predicted octanol–water partition coefficient (Wildman–Crippen LogP) is 1.39. The van der Waals surface area contributed by atoms with Crippen LogP contribution < -0.4 is 25.7 Å². The average Bonchev–Trinajstić information content (AvgIpc) is 2.76. The topological polar surface area (TPSA) is 144 Å². The van der Waals surface area contributed by atoms with Crippen molar-refractivity contribution in [1.29, 1.82) is 0 Å². The number of amides is 2. The zero-order chi connectivity index (χ0) is 24.0. The lowest BCUT2D eigenvalue weighted by Crippen LogP contribution is -2.48. The monoisotopic (exact) mass is 448 g/mol. The van der Waals surface area contributed by atoms with Gasteiger partial charge in [0.25, 0.3) is 0 Å². The summed E-state index contributed by atoms with van der Waals surface area (Å²) in [6.45, 7) is 4.78. The van der Waals surface area contributed by atoms with Gasteiger partial charge in [0, 0.05) is 12.1 Å². The second kappa shape index (κ2) is 10.7. The van der Waals surface area contributed by atoms with E-state index >= 15 is 0 Å². The number of aliphatic carboxylic acids is 1. The van der Waals surface area contributed by atoms with Gasteiger partial charge in [0.15, 0.2) is 0 Å². The molecule has 1 aromatic heterocycles. The van der Waals surface area contributed by atoms with E-state index in [0.29, 0.717) is 28.9 Å². The first-order chi connectivity index (χ1) is 15.1. The minimum absolute atomic E-state index is 0.127. The molecule has 10 nitrogen and oxygen atoms in total. The number of carboxylic acid groups (broad SMARTS) is 1. The van der Waals surface area contributed by atoms with Crippen LogP contribution in [-0.2, 0) is 20.8 Å². The number of hydrogen-bond acceptors (Lipinski definition) is 7. The fraction of sp³-hybridized carbons (Fsp3) is 0.455. The third-order valence-corrected chi connectivity index (χ3v) is 5.35. The summed E-state index contributed by atoms with van der Waals surface area (Å²) < 4.78 is 15.9. The second-order valence-electron chi connectivity index (χ2n) is 7.42. The Morgan fingerprint density at radius 2 is 1.84 bits per heavy atom. The number of carbonyl (C=O) groups is 3. The highest BCUT2D eigenvalue weighted by atomic mass is 16.5. The van der Waals surface area contributed by atoms with Crippen LogP contribution in [0.4, 0.5) is 0 Å². The molecule has 0 spiro atoms. The highest BCUT2D eigenvalue weighted by Crippen LogP contribution is 2.33. The third-order valence-electron chi connectivity index (χ3n) is 5.35. The van der Waals surface area contributed by atoms with Crippen LogP contribution in [0.15, 0.2) is 21.3 Å². The molecule has 2 aromatic rings. The van der Waals surface area contributed by atoms with Gasteiger partial charge in [-0.05, 0) is 18.4 Å². The molecular weight excluding hydrogens is 420 g/mol. The molecule has 0 aliphatic carbocycles. The molecule has 0 fully saturated rings. The zero-order valence-electron chi connectivity index (χ0n) is 18.7. The molecular formula is C22H28N2O8. The summed E-state index contributed by atoms with van der Waals surface area (Å²) in [5.74, 6) is -1.77. The molecule has 3 N–H and O–H groups in total. The highest BCUT2D eigenvalue weighted by Gasteiger charge is 2.25. The maximum absolute atomic E-state index is 12.5. The fourth-order valence-corrected chi connectivity index (χ4v) is 3.27. The Labute approximate surface area is 184 Å². The van der Waals surface area contributed by atoms with E-state index in [9.17, 15) is 24.3 Å². The highest BCUT2D eigenvalue weighted by molar-refractivity contribution is 5.91. The van der Waals surface area contributed by atoms with Gasteiger partial charge in [-0.15, -0.1) is 0 Å². The van der Waals surface area contributed by atoms with Crippen molar-refractivity contribution in [2.75, 3.05) is 20.8 Å². The predicted molar refractivity (Wildman–Crippen MR) is 116 cm³/mol. The Hall–Kier alpha value is -3.56. The van der Waals surface area contributed by atoms with Crippen molar-refractivity contribution in [3.05, 3.63) is 33.7 Å². The number of fused-ring (bicyclic) bond motifs is 1. The molecule has 2 amide bonds. The fourth-order valence-electron chi connectivity index (χ4n) is 3.27. The van der Waals surface area contributed by atoms with Crippen molar-refractivity contribution in [2.45, 2.75) is 39.7 Å². The van der Waals surface area contributed by atoms with Crippen molar-refractivity contribution < 1.29 is 33.4 Å². The van der Waals surface area contributed by atoms with Gasteiger partial charge in [0.2, 0.25) is 11.8 Å². The first-order valence-electron chi connectivity index (χ1n) is 10.1. The molecule has 1 aromatic carbocycles. The summed E-state index contributed by atoms with van der Waals surface area (Å²) in [4.78, 5) is 48.3. The van der Waals surface area contributed by atoms with E-state index < -0.39 is 36.0 Å². The quantitative estimate of drug-likeness (QED) is 0.463. The molecule has 2 rings (SSSR count). The van der Waals surface area contributed by atoms with Gasteiger partial charge in [0.05, 0.1) is 38.1 Å². The zero-order valence-corrected chi connectivity index (χ0v) is 18.7. The number of carboxylic acids is 1. The van der Waals surface area contributed by atoms with Crippen LogP contribution in [0.3, 0.4) is 0 Å². The van der Waals surface area contributed by atoms with E-state index in [-0.39, 0.29) is 23.5 Å². The van der Waals surface area contributed by atoms with Gasteiger partial charge in [-0.1, -0.05) is 20.3 Å². The van der Waals surface area contributed by atoms with Crippen LogP contribution in [0, 0.1) is 12.8 Å². The molecule has 1 heterocycles. The van der Waals surface area contributed by atoms with E-state index in [1.165, 1.54) is 14.2 Å². The molecule has 0 radical (unpaired) electrons. The standard InChI is InChI=1S/C22H28N2O8/c1-6-11(2)20(21(27)28)24-18(26)10-23-17(25)9-14-12(3)19-15(31-5)7-13(30-4)8-16(19)32-22(14)29/h7-8,11,20H,6,9-10H2,1-5H3,(H,23,25)(H,24,26)(H,27,28)/t11-,20+/m1/s1. The number of benzene rings is 1. The lowest BCUT2D eigenvalue weighted by molar-refractivity contribution is -0.143. The molecule has 0 aliphatic rings. The number of rotatable bonds is 10. The Kier molecular flexibility index (Phi) is 8.22. The first-order valence-corrected chi connectivity index (χ1v) is 10.1. The van der Waals surface area contributed by atoms with Crippen molar-refractivity contribution in [1.82, 2.24) is 10.6 Å². The van der Waals surface area contributed by atoms with Crippen LogP contribution in [0.5, 0.6) is 11.5 Å². The molecule has 0 aliphatic heterocycles. The molecule has 10 heteroatoms. The Bertz CT molecular complexity index is 1080. The lowest BCUT2D eigenvalue weighted by atomic mass is 9.99. The van der Waals surface area contributed by atoms with Crippen LogP contribution in [-0.4, -0.2) is 49.7 Å². The SMILES string of the molecule is CC[C@@H](C)[C@H](NC(=O)CNC(=O)Cc1c(C)c2c(OC)cc(OC)cc2oc1=O)C(=O)O. The summed E-state index contributed by atoms with van der Waals surface area (Å²) in [7, 11) is 2.94.